The van der Waals surface area contributed by atoms with Gasteiger partial charge in [0, 0.05) is 35.2 Å². The highest BCUT2D eigenvalue weighted by Crippen LogP contribution is 2.39. The number of hydrogen-bond donors (Lipinski definition) is 1. The van der Waals surface area contributed by atoms with Crippen LogP contribution in [0.4, 0.5) is 5.00 Å². The van der Waals surface area contributed by atoms with Gasteiger partial charge in [-0.3, -0.25) is 9.59 Å². The number of benzene rings is 1. The molecule has 0 bridgehead atoms. The summed E-state index contributed by atoms with van der Waals surface area (Å²) < 4.78 is 0. The van der Waals surface area contributed by atoms with Crippen LogP contribution in [0.2, 0.25) is 5.02 Å². The van der Waals surface area contributed by atoms with Gasteiger partial charge in [0.05, 0.1) is 11.5 Å². The molecule has 1 aromatic carbocycles. The molecule has 6 heteroatoms. The molecule has 1 aliphatic rings. The van der Waals surface area contributed by atoms with Gasteiger partial charge >= 0.3 is 0 Å². The molecule has 1 aliphatic heterocycles. The second-order valence-electron chi connectivity index (χ2n) is 7.97. The fraction of sp³-hybridized carbons (Fsp3) is 0.429. The summed E-state index contributed by atoms with van der Waals surface area (Å²) in [6.07, 6.45) is 1.47. The Labute approximate surface area is 169 Å². The molecule has 0 saturated heterocycles. The zero-order valence-electron chi connectivity index (χ0n) is 16.2. The van der Waals surface area contributed by atoms with Crippen LogP contribution in [-0.4, -0.2) is 23.3 Å². The molecule has 2 heterocycles. The quantitative estimate of drug-likeness (QED) is 0.792. The van der Waals surface area contributed by atoms with Crippen molar-refractivity contribution >= 4 is 39.8 Å². The van der Waals surface area contributed by atoms with Gasteiger partial charge in [-0.1, -0.05) is 50.6 Å². The van der Waals surface area contributed by atoms with Crippen LogP contribution in [0, 0.1) is 5.41 Å². The van der Waals surface area contributed by atoms with Gasteiger partial charge in [0.15, 0.2) is 0 Å². The third kappa shape index (κ3) is 4.36. The molecule has 3 rings (SSSR count). The molecule has 0 atom stereocenters. The molecule has 144 valence electrons. The highest BCUT2D eigenvalue weighted by atomic mass is 35.5. The summed E-state index contributed by atoms with van der Waals surface area (Å²) in [5, 5.41) is 4.73. The Morgan fingerprint density at radius 1 is 1.26 bits per heavy atom. The van der Waals surface area contributed by atoms with Crippen molar-refractivity contribution < 1.29 is 9.59 Å². The number of halogens is 1. The molecular weight excluding hydrogens is 380 g/mol. The Hall–Kier alpha value is -1.85. The summed E-state index contributed by atoms with van der Waals surface area (Å²) in [6.45, 7) is 8.63. The average molecular weight is 405 g/mol. The summed E-state index contributed by atoms with van der Waals surface area (Å²) in [4.78, 5) is 27.4. The zero-order chi connectivity index (χ0) is 19.8. The molecule has 0 fully saturated rings. The fourth-order valence-corrected chi connectivity index (χ4v) is 4.63. The molecule has 1 aromatic heterocycles. The normalized spacial score (nSPS) is 14.0. The van der Waals surface area contributed by atoms with Crippen molar-refractivity contribution in [1.82, 2.24) is 4.90 Å². The van der Waals surface area contributed by atoms with Gasteiger partial charge in [0.25, 0.3) is 0 Å². The standard InChI is InChI=1S/C21H25ClN2O2S/c1-13(25)24-10-9-15-16(11-14-7-5-6-8-17(14)22)19(27-18(15)12-24)23-20(26)21(2,3)4/h5-8H,9-12H2,1-4H3,(H,23,26). The van der Waals surface area contributed by atoms with E-state index in [1.165, 1.54) is 5.56 Å². The first kappa shape index (κ1) is 19.9. The third-order valence-corrected chi connectivity index (χ3v) is 6.39. The molecule has 0 spiro atoms. The SMILES string of the molecule is CC(=O)N1CCc2c(sc(NC(=O)C(C)(C)C)c2Cc2ccccc2Cl)C1. The monoisotopic (exact) mass is 404 g/mol. The number of fused-ring (bicyclic) bond motifs is 1. The lowest BCUT2D eigenvalue weighted by molar-refractivity contribution is -0.129. The van der Waals surface area contributed by atoms with Crippen LogP contribution in [0.3, 0.4) is 0 Å². The van der Waals surface area contributed by atoms with Gasteiger partial charge in [-0.05, 0) is 29.2 Å². The van der Waals surface area contributed by atoms with E-state index >= 15 is 0 Å². The predicted molar refractivity (Wildman–Crippen MR) is 111 cm³/mol. The maximum absolute atomic E-state index is 12.6. The number of hydrogen-bond acceptors (Lipinski definition) is 3. The van der Waals surface area contributed by atoms with Crippen molar-refractivity contribution in [2.75, 3.05) is 11.9 Å². The molecule has 1 N–H and O–H groups in total. The summed E-state index contributed by atoms with van der Waals surface area (Å²) in [7, 11) is 0. The largest absolute Gasteiger partial charge is 0.337 e. The van der Waals surface area contributed by atoms with E-state index < -0.39 is 5.41 Å². The summed E-state index contributed by atoms with van der Waals surface area (Å²) in [6, 6.07) is 7.81. The van der Waals surface area contributed by atoms with E-state index in [-0.39, 0.29) is 11.8 Å². The second kappa shape index (κ2) is 7.64. The number of anilines is 1. The Bertz CT molecular complexity index is 883. The molecule has 27 heavy (non-hydrogen) atoms. The minimum Gasteiger partial charge on any atom is -0.337 e. The van der Waals surface area contributed by atoms with E-state index in [0.29, 0.717) is 19.5 Å². The van der Waals surface area contributed by atoms with Crippen LogP contribution < -0.4 is 5.32 Å². The molecule has 2 aromatic rings. The Morgan fingerprint density at radius 3 is 2.59 bits per heavy atom. The summed E-state index contributed by atoms with van der Waals surface area (Å²) >= 11 is 7.97. The lowest BCUT2D eigenvalue weighted by Gasteiger charge is -2.26. The van der Waals surface area contributed by atoms with Crippen LogP contribution in [0.25, 0.3) is 0 Å². The van der Waals surface area contributed by atoms with Crippen molar-refractivity contribution in [3.8, 4) is 0 Å². The van der Waals surface area contributed by atoms with E-state index in [9.17, 15) is 9.59 Å². The highest BCUT2D eigenvalue weighted by Gasteiger charge is 2.28. The number of thiophene rings is 1. The smallest absolute Gasteiger partial charge is 0.230 e. The van der Waals surface area contributed by atoms with Crippen LogP contribution >= 0.6 is 22.9 Å². The maximum atomic E-state index is 12.6. The minimum atomic E-state index is -0.475. The van der Waals surface area contributed by atoms with E-state index in [2.05, 4.69) is 5.32 Å². The van der Waals surface area contributed by atoms with Crippen LogP contribution in [0.1, 0.15) is 49.3 Å². The Kier molecular flexibility index (Phi) is 5.63. The molecule has 2 amide bonds. The van der Waals surface area contributed by atoms with Crippen molar-refractivity contribution in [3.05, 3.63) is 50.9 Å². The lowest BCUT2D eigenvalue weighted by Crippen LogP contribution is -2.33. The maximum Gasteiger partial charge on any atom is 0.230 e. The number of nitrogens with one attached hydrogen (secondary N) is 1. The minimum absolute atomic E-state index is 0.00932. The van der Waals surface area contributed by atoms with Gasteiger partial charge in [-0.25, -0.2) is 0 Å². The zero-order valence-corrected chi connectivity index (χ0v) is 17.8. The van der Waals surface area contributed by atoms with Crippen molar-refractivity contribution in [1.29, 1.82) is 0 Å². The van der Waals surface area contributed by atoms with Crippen molar-refractivity contribution in [2.45, 2.75) is 47.1 Å². The van der Waals surface area contributed by atoms with Gasteiger partial charge in [0.2, 0.25) is 11.8 Å². The van der Waals surface area contributed by atoms with Crippen LogP contribution in [0.5, 0.6) is 0 Å². The van der Waals surface area contributed by atoms with E-state index in [1.807, 2.05) is 49.9 Å². The molecular formula is C21H25ClN2O2S. The topological polar surface area (TPSA) is 49.4 Å². The van der Waals surface area contributed by atoms with Crippen molar-refractivity contribution in [3.63, 3.8) is 0 Å². The fourth-order valence-electron chi connectivity index (χ4n) is 3.15. The van der Waals surface area contributed by atoms with Gasteiger partial charge < -0.3 is 10.2 Å². The number of rotatable bonds is 3. The first-order chi connectivity index (χ1) is 12.7. The molecule has 0 unspecified atom stereocenters. The molecule has 4 nitrogen and oxygen atoms in total. The van der Waals surface area contributed by atoms with Gasteiger partial charge in [-0.2, -0.15) is 0 Å². The van der Waals surface area contributed by atoms with Gasteiger partial charge in [-0.15, -0.1) is 11.3 Å². The Morgan fingerprint density at radius 2 is 1.96 bits per heavy atom. The molecule has 0 aliphatic carbocycles. The van der Waals surface area contributed by atoms with E-state index in [0.717, 1.165) is 32.4 Å². The number of carbonyl (C=O) groups is 2. The number of nitrogens with zero attached hydrogens (tertiary/aromatic N) is 1. The highest BCUT2D eigenvalue weighted by molar-refractivity contribution is 7.16. The van der Waals surface area contributed by atoms with E-state index in [1.54, 1.807) is 18.3 Å². The van der Waals surface area contributed by atoms with E-state index in [4.69, 9.17) is 11.6 Å². The number of carbonyl (C=O) groups excluding carboxylic acids is 2. The predicted octanol–water partition coefficient (Wildman–Crippen LogP) is 4.88. The number of amides is 2. The van der Waals surface area contributed by atoms with Crippen LogP contribution in [0.15, 0.2) is 24.3 Å². The van der Waals surface area contributed by atoms with Gasteiger partial charge in [0.1, 0.15) is 0 Å². The average Bonchev–Trinajstić information content (AvgIpc) is 2.92. The molecule has 0 saturated carbocycles. The molecule has 0 radical (unpaired) electrons. The summed E-state index contributed by atoms with van der Waals surface area (Å²) in [5.41, 5.74) is 2.95. The second-order valence-corrected chi connectivity index (χ2v) is 9.49. The first-order valence-corrected chi connectivity index (χ1v) is 10.3. The first-order valence-electron chi connectivity index (χ1n) is 9.10. The third-order valence-electron chi connectivity index (χ3n) is 4.85. The lowest BCUT2D eigenvalue weighted by atomic mass is 9.94. The van der Waals surface area contributed by atoms with Crippen molar-refractivity contribution in [2.24, 2.45) is 5.41 Å². The summed E-state index contributed by atoms with van der Waals surface area (Å²) in [5.74, 6) is 0.0758. The van der Waals surface area contributed by atoms with Crippen LogP contribution in [-0.2, 0) is 29.0 Å². The Balaban J connectivity index is 2.00.